The van der Waals surface area contributed by atoms with Crippen LogP contribution in [-0.2, 0) is 40.8 Å². The molecule has 15 nitrogen and oxygen atoms in total. The lowest BCUT2D eigenvalue weighted by Gasteiger charge is -2.37. The van der Waals surface area contributed by atoms with E-state index in [2.05, 4.69) is 29.8 Å². The number of nitrogens with zero attached hydrogens (tertiary/aromatic N) is 9. The van der Waals surface area contributed by atoms with E-state index >= 15 is 0 Å². The van der Waals surface area contributed by atoms with Gasteiger partial charge in [0.2, 0.25) is 17.7 Å². The molecule has 0 spiro atoms. The van der Waals surface area contributed by atoms with Gasteiger partial charge in [0.05, 0.1) is 35.6 Å². The van der Waals surface area contributed by atoms with Crippen LogP contribution in [0.5, 0.6) is 0 Å². The number of piperidine rings is 3. The van der Waals surface area contributed by atoms with Crippen LogP contribution in [0.3, 0.4) is 0 Å². The maximum atomic E-state index is 14.7. The van der Waals surface area contributed by atoms with Crippen LogP contribution in [0, 0.1) is 5.92 Å². The SMILES string of the molecule is CC(=O)N1CCc2c(c(N3CCCc4cc(-c5cnn(C)c5)c(C(F)F)cc43)nn2C2CCN(CCC3CCN(c4cccc5c4C(=O)N(C4CCC(=O)NC4=O)C5=O)CC3)CC2)C1. The van der Waals surface area contributed by atoms with Gasteiger partial charge in [-0.15, -0.1) is 0 Å². The van der Waals surface area contributed by atoms with E-state index < -0.39 is 36.1 Å². The second-order valence-corrected chi connectivity index (χ2v) is 18.3. The zero-order valence-electron chi connectivity index (χ0n) is 36.4. The zero-order chi connectivity index (χ0) is 44.4. The molecule has 2 aromatic carbocycles. The Labute approximate surface area is 370 Å². The number of fused-ring (bicyclic) bond motifs is 3. The number of nitrogens with one attached hydrogen (secondary N) is 1. The fourth-order valence-electron chi connectivity index (χ4n) is 11.1. The third kappa shape index (κ3) is 7.54. The van der Waals surface area contributed by atoms with Crippen molar-refractivity contribution in [3.8, 4) is 11.1 Å². The van der Waals surface area contributed by atoms with E-state index in [0.29, 0.717) is 54.2 Å². The molecule has 336 valence electrons. The number of alkyl halides is 2. The molecule has 0 bridgehead atoms. The molecule has 64 heavy (non-hydrogen) atoms. The normalized spacial score (nSPS) is 21.2. The highest BCUT2D eigenvalue weighted by Gasteiger charge is 2.46. The Morgan fingerprint density at radius 1 is 0.891 bits per heavy atom. The lowest BCUT2D eigenvalue weighted by Crippen LogP contribution is -2.54. The van der Waals surface area contributed by atoms with Crippen LogP contribution in [-0.4, -0.2) is 116 Å². The van der Waals surface area contributed by atoms with Gasteiger partial charge in [-0.05, 0) is 99.2 Å². The van der Waals surface area contributed by atoms with Crippen molar-refractivity contribution in [3.63, 3.8) is 0 Å². The first kappa shape index (κ1) is 42.0. The molecule has 5 amide bonds. The molecule has 3 saturated heterocycles. The Morgan fingerprint density at radius 3 is 2.41 bits per heavy atom. The summed E-state index contributed by atoms with van der Waals surface area (Å²) >= 11 is 0. The van der Waals surface area contributed by atoms with E-state index in [4.69, 9.17) is 5.10 Å². The zero-order valence-corrected chi connectivity index (χ0v) is 36.4. The monoisotopic (exact) mass is 876 g/mol. The topological polar surface area (TPSA) is 149 Å². The molecule has 6 aliphatic rings. The van der Waals surface area contributed by atoms with Gasteiger partial charge in [-0.1, -0.05) is 6.07 Å². The van der Waals surface area contributed by atoms with E-state index in [1.807, 2.05) is 17.0 Å². The number of amides is 5. The number of aromatic nitrogens is 4. The van der Waals surface area contributed by atoms with Gasteiger partial charge in [-0.3, -0.25) is 43.6 Å². The molecule has 4 aromatic rings. The van der Waals surface area contributed by atoms with Gasteiger partial charge in [0, 0.05) is 100 Å². The predicted molar refractivity (Wildman–Crippen MR) is 233 cm³/mol. The molecule has 17 heteroatoms. The Morgan fingerprint density at radius 2 is 1.69 bits per heavy atom. The molecule has 0 radical (unpaired) electrons. The molecule has 0 saturated carbocycles. The van der Waals surface area contributed by atoms with E-state index in [1.54, 1.807) is 49.2 Å². The molecule has 2 aromatic heterocycles. The van der Waals surface area contributed by atoms with Crippen LogP contribution in [0.2, 0.25) is 0 Å². The first-order valence-corrected chi connectivity index (χ1v) is 22.8. The molecular weight excluding hydrogens is 823 g/mol. The maximum Gasteiger partial charge on any atom is 0.264 e. The van der Waals surface area contributed by atoms with Crippen molar-refractivity contribution in [1.82, 2.24) is 39.6 Å². The number of aryl methyl sites for hydroxylation is 2. The lowest BCUT2D eigenvalue weighted by molar-refractivity contribution is -0.136. The summed E-state index contributed by atoms with van der Waals surface area (Å²) in [4.78, 5) is 73.9. The predicted octanol–water partition coefficient (Wildman–Crippen LogP) is 5.55. The Hall–Kier alpha value is -5.97. The van der Waals surface area contributed by atoms with Gasteiger partial charge >= 0.3 is 0 Å². The summed E-state index contributed by atoms with van der Waals surface area (Å²) in [5, 5.41) is 11.8. The molecular formula is C47H54F2N10O5. The smallest absolute Gasteiger partial charge is 0.264 e. The van der Waals surface area contributed by atoms with Crippen molar-refractivity contribution in [2.24, 2.45) is 13.0 Å². The van der Waals surface area contributed by atoms with Crippen LogP contribution in [0.25, 0.3) is 11.1 Å². The van der Waals surface area contributed by atoms with Gasteiger partial charge in [0.15, 0.2) is 5.82 Å². The third-order valence-electron chi connectivity index (χ3n) is 14.5. The lowest BCUT2D eigenvalue weighted by atomic mass is 9.92. The van der Waals surface area contributed by atoms with E-state index in [0.717, 1.165) is 117 Å². The summed E-state index contributed by atoms with van der Waals surface area (Å²) < 4.78 is 33.3. The molecule has 1 unspecified atom stereocenters. The first-order chi connectivity index (χ1) is 30.9. The number of hydrogen-bond acceptors (Lipinski definition) is 10. The molecule has 0 aliphatic carbocycles. The van der Waals surface area contributed by atoms with Gasteiger partial charge in [0.25, 0.3) is 18.2 Å². The number of imide groups is 2. The highest BCUT2D eigenvalue weighted by molar-refractivity contribution is 6.25. The molecule has 1 N–H and O–H groups in total. The average molecular weight is 877 g/mol. The highest BCUT2D eigenvalue weighted by atomic mass is 19.3. The maximum absolute atomic E-state index is 14.7. The number of benzene rings is 2. The van der Waals surface area contributed by atoms with Crippen molar-refractivity contribution < 1.29 is 32.8 Å². The second-order valence-electron chi connectivity index (χ2n) is 18.3. The fourth-order valence-corrected chi connectivity index (χ4v) is 11.1. The molecule has 6 aliphatic heterocycles. The largest absolute Gasteiger partial charge is 0.371 e. The van der Waals surface area contributed by atoms with Gasteiger partial charge < -0.3 is 19.6 Å². The van der Waals surface area contributed by atoms with Crippen LogP contribution in [0.1, 0.15) is 114 Å². The minimum absolute atomic E-state index is 0.0111. The van der Waals surface area contributed by atoms with Crippen LogP contribution in [0.4, 0.5) is 26.0 Å². The first-order valence-electron chi connectivity index (χ1n) is 22.8. The highest BCUT2D eigenvalue weighted by Crippen LogP contribution is 2.44. The van der Waals surface area contributed by atoms with Gasteiger partial charge in [-0.25, -0.2) is 8.78 Å². The standard InChI is InChI=1S/C47H54F2N10O5/c1-28(60)56-22-15-37-36(27-56)44(57-16-4-5-30-23-34(31-25-50-53(2)26-31)35(43(48)49)24-40(30)57)52-59(37)32-13-18-54(19-14-32)17-10-29-11-20-55(21-12-29)38-7-3-6-33-42(38)47(64)58(46(33)63)39-8-9-41(61)51-45(39)62/h3,6-7,23-26,29,32,39,43H,4-5,8-22,27H2,1-2H3,(H,51,61,62). The minimum atomic E-state index is -2.67. The van der Waals surface area contributed by atoms with Crippen molar-refractivity contribution in [1.29, 1.82) is 0 Å². The van der Waals surface area contributed by atoms with Crippen molar-refractivity contribution in [3.05, 3.63) is 76.2 Å². The van der Waals surface area contributed by atoms with E-state index in [1.165, 1.54) is 0 Å². The van der Waals surface area contributed by atoms with Gasteiger partial charge in [0.1, 0.15) is 6.04 Å². The summed E-state index contributed by atoms with van der Waals surface area (Å²) in [7, 11) is 1.78. The number of carbonyl (C=O) groups is 5. The fraction of sp³-hybridized carbons (Fsp3) is 0.511. The summed E-state index contributed by atoms with van der Waals surface area (Å²) in [5.41, 5.74) is 6.44. The number of likely N-dealkylation sites (tertiary alicyclic amines) is 1. The van der Waals surface area contributed by atoms with Crippen molar-refractivity contribution in [2.45, 2.75) is 96.2 Å². The number of carbonyl (C=O) groups excluding carboxylic acids is 5. The molecule has 10 rings (SSSR count). The number of rotatable bonds is 9. The van der Waals surface area contributed by atoms with Crippen LogP contribution < -0.4 is 15.1 Å². The van der Waals surface area contributed by atoms with Crippen LogP contribution >= 0.6 is 0 Å². The summed E-state index contributed by atoms with van der Waals surface area (Å²) in [6.45, 7) is 7.68. The Balaban J connectivity index is 0.794. The average Bonchev–Trinajstić information content (AvgIpc) is 3.98. The van der Waals surface area contributed by atoms with E-state index in [-0.39, 0.29) is 30.4 Å². The number of anilines is 3. The quantitative estimate of drug-likeness (QED) is 0.212. The molecule has 1 atom stereocenters. The Bertz CT molecular complexity index is 2540. The number of hydrogen-bond donors (Lipinski definition) is 1. The van der Waals surface area contributed by atoms with Gasteiger partial charge in [-0.2, -0.15) is 10.2 Å². The molecule has 3 fully saturated rings. The summed E-state index contributed by atoms with van der Waals surface area (Å²) in [6, 6.07) is 8.07. The molecule has 8 heterocycles. The van der Waals surface area contributed by atoms with Crippen molar-refractivity contribution in [2.75, 3.05) is 55.6 Å². The van der Waals surface area contributed by atoms with Crippen molar-refractivity contribution >= 4 is 46.7 Å². The van der Waals surface area contributed by atoms with Crippen LogP contribution in [0.15, 0.2) is 42.7 Å². The summed E-state index contributed by atoms with van der Waals surface area (Å²) in [6.07, 6.45) is 8.11. The minimum Gasteiger partial charge on any atom is -0.371 e. The Kier molecular flexibility index (Phi) is 11.1. The van der Waals surface area contributed by atoms with E-state index in [9.17, 15) is 32.8 Å². The number of halogens is 2. The third-order valence-corrected chi connectivity index (χ3v) is 14.5. The second kappa shape index (κ2) is 16.9. The summed E-state index contributed by atoms with van der Waals surface area (Å²) in [5.74, 6) is -0.671.